The minimum atomic E-state index is 0.314. The first kappa shape index (κ1) is 39.6. The van der Waals surface area contributed by atoms with Crippen LogP contribution in [-0.4, -0.2) is 26.3 Å². The van der Waals surface area contributed by atoms with Crippen LogP contribution in [0.5, 0.6) is 11.5 Å². The number of azo groups is 1. The van der Waals surface area contributed by atoms with Crippen molar-refractivity contribution in [2.24, 2.45) is 22.1 Å². The molecule has 0 aromatic heterocycles. The second-order valence-electron chi connectivity index (χ2n) is 12.8. The number of hydrogen-bond acceptors (Lipinski definition) is 7. The van der Waals surface area contributed by atoms with Crippen LogP contribution in [0.1, 0.15) is 143 Å². The molecule has 47 heavy (non-hydrogen) atoms. The monoisotopic (exact) mass is 643 g/mol. The molecule has 7 nitrogen and oxygen atoms in total. The highest BCUT2D eigenvalue weighted by Gasteiger charge is 2.20. The molecular weight excluding hydrogens is 582 g/mol. The second-order valence-corrected chi connectivity index (χ2v) is 12.8. The van der Waals surface area contributed by atoms with Crippen LogP contribution in [0, 0.1) is 34.5 Å². The summed E-state index contributed by atoms with van der Waals surface area (Å²) in [6.45, 7) is 16.6. The van der Waals surface area contributed by atoms with Crippen molar-refractivity contribution in [3.05, 3.63) is 41.5 Å². The van der Waals surface area contributed by atoms with E-state index in [1.54, 1.807) is 18.2 Å². The predicted molar refractivity (Wildman–Crippen MR) is 195 cm³/mol. The third-order valence-electron chi connectivity index (χ3n) is 8.99. The third-order valence-corrected chi connectivity index (χ3v) is 8.99. The SMILES string of the molecule is CCCCCN(CCCCC)c1cc(OCC(CC)CCCC)c(N=Nc2ccc(C#N)cc2C#N)cc1OCC(CC)CCCC. The molecule has 0 aliphatic rings. The summed E-state index contributed by atoms with van der Waals surface area (Å²) in [4.78, 5) is 2.49. The van der Waals surface area contributed by atoms with Crippen molar-refractivity contribution in [2.45, 2.75) is 131 Å². The minimum Gasteiger partial charge on any atom is -0.491 e. The van der Waals surface area contributed by atoms with Crippen molar-refractivity contribution in [2.75, 3.05) is 31.2 Å². The van der Waals surface area contributed by atoms with Crippen molar-refractivity contribution in [3.8, 4) is 23.6 Å². The van der Waals surface area contributed by atoms with E-state index >= 15 is 0 Å². The maximum absolute atomic E-state index is 9.75. The Morgan fingerprint density at radius 2 is 1.19 bits per heavy atom. The van der Waals surface area contributed by atoms with E-state index in [4.69, 9.17) is 9.47 Å². The van der Waals surface area contributed by atoms with Gasteiger partial charge < -0.3 is 14.4 Å². The van der Waals surface area contributed by atoms with E-state index < -0.39 is 0 Å². The molecule has 2 aromatic rings. The summed E-state index contributed by atoms with van der Waals surface area (Å²) in [5.74, 6) is 2.44. The van der Waals surface area contributed by atoms with E-state index in [1.165, 1.54) is 51.4 Å². The van der Waals surface area contributed by atoms with Gasteiger partial charge in [0.15, 0.2) is 0 Å². The van der Waals surface area contributed by atoms with Gasteiger partial charge in [0.05, 0.1) is 36.1 Å². The minimum absolute atomic E-state index is 0.314. The fraction of sp³-hybridized carbons (Fsp3) is 0.650. The number of rotatable bonds is 25. The Morgan fingerprint density at radius 3 is 1.70 bits per heavy atom. The average Bonchev–Trinajstić information content (AvgIpc) is 3.10. The highest BCUT2D eigenvalue weighted by Crippen LogP contribution is 2.42. The fourth-order valence-corrected chi connectivity index (χ4v) is 5.65. The average molecular weight is 644 g/mol. The van der Waals surface area contributed by atoms with Gasteiger partial charge in [0.1, 0.15) is 28.9 Å². The first-order valence-corrected chi connectivity index (χ1v) is 18.5. The zero-order chi connectivity index (χ0) is 34.3. The standard InChI is InChI=1S/C40H61N5O2/c1-7-13-17-23-45(24-18-14-8-2)38-27-39(46-30-32(11-5)19-15-9-3)37(26-40(38)47-31-33(12-6)20-16-10-4)44-43-36-22-21-34(28-41)25-35(36)29-42/h21-22,25-27,32-33H,7-20,23-24,30-31H2,1-6H3. The summed E-state index contributed by atoms with van der Waals surface area (Å²) < 4.78 is 13.3. The van der Waals surface area contributed by atoms with E-state index in [0.29, 0.717) is 53.3 Å². The third kappa shape index (κ3) is 14.0. The van der Waals surface area contributed by atoms with Gasteiger partial charge in [0.2, 0.25) is 0 Å². The lowest BCUT2D eigenvalue weighted by atomic mass is 10.0. The Balaban J connectivity index is 2.67. The molecule has 0 bridgehead atoms. The number of nitriles is 2. The van der Waals surface area contributed by atoms with Crippen LogP contribution >= 0.6 is 0 Å². The van der Waals surface area contributed by atoms with Gasteiger partial charge in [-0.05, 0) is 55.7 Å². The van der Waals surface area contributed by atoms with E-state index in [-0.39, 0.29) is 0 Å². The van der Waals surface area contributed by atoms with Gasteiger partial charge in [-0.1, -0.05) is 106 Å². The molecule has 0 N–H and O–H groups in total. The molecule has 2 atom stereocenters. The summed E-state index contributed by atoms with van der Waals surface area (Å²) in [7, 11) is 0. The zero-order valence-electron chi connectivity index (χ0n) is 30.3. The predicted octanol–water partition coefficient (Wildman–Crippen LogP) is 12.2. The lowest BCUT2D eigenvalue weighted by Gasteiger charge is -2.29. The smallest absolute Gasteiger partial charge is 0.149 e. The number of nitrogens with zero attached hydrogens (tertiary/aromatic N) is 5. The molecule has 2 rings (SSSR count). The molecule has 0 amide bonds. The van der Waals surface area contributed by atoms with Gasteiger partial charge in [-0.3, -0.25) is 0 Å². The molecule has 0 saturated carbocycles. The van der Waals surface area contributed by atoms with Crippen molar-refractivity contribution in [1.29, 1.82) is 10.5 Å². The van der Waals surface area contributed by atoms with E-state index in [0.717, 1.165) is 63.1 Å². The number of benzene rings is 2. The van der Waals surface area contributed by atoms with Crippen LogP contribution in [0.25, 0.3) is 0 Å². The lowest BCUT2D eigenvalue weighted by Crippen LogP contribution is -2.27. The van der Waals surface area contributed by atoms with Crippen LogP contribution in [0.2, 0.25) is 0 Å². The molecule has 0 saturated heterocycles. The quantitative estimate of drug-likeness (QED) is 0.0792. The molecule has 0 fully saturated rings. The summed E-state index contributed by atoms with van der Waals surface area (Å²) in [5.41, 5.74) is 2.81. The fourth-order valence-electron chi connectivity index (χ4n) is 5.65. The van der Waals surface area contributed by atoms with Crippen molar-refractivity contribution < 1.29 is 9.47 Å². The van der Waals surface area contributed by atoms with E-state index in [2.05, 4.69) is 74.9 Å². The first-order valence-electron chi connectivity index (χ1n) is 18.5. The van der Waals surface area contributed by atoms with Crippen LogP contribution in [0.15, 0.2) is 40.6 Å². The zero-order valence-corrected chi connectivity index (χ0v) is 30.3. The molecule has 258 valence electrons. The molecule has 2 aromatic carbocycles. The van der Waals surface area contributed by atoms with E-state index in [9.17, 15) is 10.5 Å². The number of hydrogen-bond donors (Lipinski definition) is 0. The molecule has 0 heterocycles. The number of unbranched alkanes of at least 4 members (excludes halogenated alkanes) is 6. The maximum atomic E-state index is 9.75. The van der Waals surface area contributed by atoms with Gasteiger partial charge in [0.25, 0.3) is 0 Å². The summed E-state index contributed by atoms with van der Waals surface area (Å²) in [6, 6.07) is 13.3. The Hall–Kier alpha value is -3.58. The van der Waals surface area contributed by atoms with Crippen LogP contribution in [-0.2, 0) is 0 Å². The van der Waals surface area contributed by atoms with Gasteiger partial charge in [0, 0.05) is 25.2 Å². The summed E-state index contributed by atoms with van der Waals surface area (Å²) in [5, 5.41) is 28.3. The van der Waals surface area contributed by atoms with Gasteiger partial charge >= 0.3 is 0 Å². The summed E-state index contributed by atoms with van der Waals surface area (Å²) >= 11 is 0. The Labute approximate surface area is 286 Å². The van der Waals surface area contributed by atoms with Crippen LogP contribution in [0.4, 0.5) is 17.1 Å². The molecule has 0 spiro atoms. The normalized spacial score (nSPS) is 12.4. The van der Waals surface area contributed by atoms with Gasteiger partial charge in [-0.15, -0.1) is 10.2 Å². The lowest BCUT2D eigenvalue weighted by molar-refractivity contribution is 0.228. The van der Waals surface area contributed by atoms with Crippen LogP contribution < -0.4 is 14.4 Å². The van der Waals surface area contributed by atoms with Gasteiger partial charge in [-0.2, -0.15) is 10.5 Å². The first-order chi connectivity index (χ1) is 23.0. The van der Waals surface area contributed by atoms with Crippen molar-refractivity contribution in [3.63, 3.8) is 0 Å². The van der Waals surface area contributed by atoms with E-state index in [1.807, 2.05) is 6.07 Å². The molecule has 0 aliphatic carbocycles. The molecule has 0 aliphatic heterocycles. The largest absolute Gasteiger partial charge is 0.491 e. The molecule has 2 unspecified atom stereocenters. The second kappa shape index (κ2) is 23.7. The summed E-state index contributed by atoms with van der Waals surface area (Å²) in [6.07, 6.45) is 16.1. The Kier molecular flexibility index (Phi) is 20.0. The van der Waals surface area contributed by atoms with Crippen LogP contribution in [0.3, 0.4) is 0 Å². The molecular formula is C40H61N5O2. The number of ether oxygens (including phenoxy) is 2. The highest BCUT2D eigenvalue weighted by atomic mass is 16.5. The Bertz CT molecular complexity index is 1270. The van der Waals surface area contributed by atoms with Crippen molar-refractivity contribution >= 4 is 17.1 Å². The maximum Gasteiger partial charge on any atom is 0.149 e. The number of anilines is 1. The Morgan fingerprint density at radius 1 is 0.638 bits per heavy atom. The topological polar surface area (TPSA) is 94.0 Å². The van der Waals surface area contributed by atoms with Crippen molar-refractivity contribution in [1.82, 2.24) is 0 Å². The molecule has 0 radical (unpaired) electrons. The molecule has 7 heteroatoms. The van der Waals surface area contributed by atoms with Gasteiger partial charge in [-0.25, -0.2) is 0 Å². The highest BCUT2D eigenvalue weighted by molar-refractivity contribution is 5.70.